The van der Waals surface area contributed by atoms with E-state index < -0.39 is 6.10 Å². The van der Waals surface area contributed by atoms with Crippen LogP contribution in [0, 0.1) is 0 Å². The Kier molecular flexibility index (Phi) is 5.95. The molecular weight excluding hydrogens is 254 g/mol. The van der Waals surface area contributed by atoms with Crippen LogP contribution in [0.3, 0.4) is 0 Å². The van der Waals surface area contributed by atoms with Crippen molar-refractivity contribution in [2.75, 3.05) is 13.7 Å². The highest BCUT2D eigenvalue weighted by molar-refractivity contribution is 6.31. The number of hydrogen-bond donors (Lipinski definition) is 2. The molecule has 1 amide bonds. The van der Waals surface area contributed by atoms with Gasteiger partial charge in [-0.25, -0.2) is 0 Å². The van der Waals surface area contributed by atoms with Gasteiger partial charge in [0, 0.05) is 11.6 Å². The van der Waals surface area contributed by atoms with Crippen molar-refractivity contribution in [3.8, 4) is 5.75 Å². The summed E-state index contributed by atoms with van der Waals surface area (Å²) < 4.78 is 5.03. The largest absolute Gasteiger partial charge is 0.497 e. The standard InChI is InChI=1S/C13H18ClNO3/c1-9(16)5-6-15-13(17)7-10-3-4-11(18-2)8-12(10)14/h3-4,8-9,16H,5-7H2,1-2H3,(H,15,17). The van der Waals surface area contributed by atoms with Crippen LogP contribution in [0.25, 0.3) is 0 Å². The van der Waals surface area contributed by atoms with E-state index in [9.17, 15) is 4.79 Å². The number of benzene rings is 1. The fourth-order valence-corrected chi connectivity index (χ4v) is 1.69. The molecule has 4 nitrogen and oxygen atoms in total. The molecular formula is C13H18ClNO3. The van der Waals surface area contributed by atoms with Gasteiger partial charge in [-0.2, -0.15) is 0 Å². The lowest BCUT2D eigenvalue weighted by Gasteiger charge is -2.08. The predicted octanol–water partition coefficient (Wildman–Crippen LogP) is 1.78. The van der Waals surface area contributed by atoms with Crippen LogP contribution < -0.4 is 10.1 Å². The summed E-state index contributed by atoms with van der Waals surface area (Å²) in [5.74, 6) is 0.556. The van der Waals surface area contributed by atoms with Crippen LogP contribution in [0.2, 0.25) is 5.02 Å². The van der Waals surface area contributed by atoms with Gasteiger partial charge in [-0.05, 0) is 31.0 Å². The zero-order valence-electron chi connectivity index (χ0n) is 10.6. The number of carbonyl (C=O) groups is 1. The van der Waals surface area contributed by atoms with Gasteiger partial charge in [0.15, 0.2) is 0 Å². The zero-order chi connectivity index (χ0) is 13.5. The predicted molar refractivity (Wildman–Crippen MR) is 71.0 cm³/mol. The van der Waals surface area contributed by atoms with E-state index in [4.69, 9.17) is 21.4 Å². The van der Waals surface area contributed by atoms with Crippen LogP contribution in [0.15, 0.2) is 18.2 Å². The number of halogens is 1. The molecule has 1 aromatic carbocycles. The highest BCUT2D eigenvalue weighted by Crippen LogP contribution is 2.22. The Morgan fingerprint density at radius 2 is 2.28 bits per heavy atom. The molecule has 0 saturated heterocycles. The lowest BCUT2D eigenvalue weighted by atomic mass is 10.1. The van der Waals surface area contributed by atoms with Gasteiger partial charge in [-0.1, -0.05) is 17.7 Å². The third kappa shape index (κ3) is 4.94. The summed E-state index contributed by atoms with van der Waals surface area (Å²) in [5.41, 5.74) is 0.756. The molecule has 0 aromatic heterocycles. The molecule has 0 fully saturated rings. The Morgan fingerprint density at radius 3 is 2.83 bits per heavy atom. The summed E-state index contributed by atoms with van der Waals surface area (Å²) in [6.45, 7) is 2.15. The minimum Gasteiger partial charge on any atom is -0.497 e. The fourth-order valence-electron chi connectivity index (χ4n) is 1.45. The van der Waals surface area contributed by atoms with Crippen LogP contribution in [0.4, 0.5) is 0 Å². The van der Waals surface area contributed by atoms with Gasteiger partial charge >= 0.3 is 0 Å². The van der Waals surface area contributed by atoms with Gasteiger partial charge in [0.05, 0.1) is 19.6 Å². The average Bonchev–Trinajstić information content (AvgIpc) is 2.31. The lowest BCUT2D eigenvalue weighted by Crippen LogP contribution is -2.27. The smallest absolute Gasteiger partial charge is 0.224 e. The highest BCUT2D eigenvalue weighted by atomic mass is 35.5. The second kappa shape index (κ2) is 7.24. The SMILES string of the molecule is COc1ccc(CC(=O)NCCC(C)O)c(Cl)c1. The maximum absolute atomic E-state index is 11.6. The topological polar surface area (TPSA) is 58.6 Å². The molecule has 0 heterocycles. The number of nitrogens with one attached hydrogen (secondary N) is 1. The van der Waals surface area contributed by atoms with E-state index >= 15 is 0 Å². The van der Waals surface area contributed by atoms with Gasteiger partial charge in [0.1, 0.15) is 5.75 Å². The molecule has 0 aliphatic rings. The Morgan fingerprint density at radius 1 is 1.56 bits per heavy atom. The molecule has 0 spiro atoms. The van der Waals surface area contributed by atoms with Crippen LogP contribution in [-0.2, 0) is 11.2 Å². The van der Waals surface area contributed by atoms with Crippen molar-refractivity contribution in [1.29, 1.82) is 0 Å². The monoisotopic (exact) mass is 271 g/mol. The molecule has 1 unspecified atom stereocenters. The fraction of sp³-hybridized carbons (Fsp3) is 0.462. The number of hydrogen-bond acceptors (Lipinski definition) is 3. The molecule has 18 heavy (non-hydrogen) atoms. The first-order valence-electron chi connectivity index (χ1n) is 5.80. The summed E-state index contributed by atoms with van der Waals surface area (Å²) in [6, 6.07) is 5.22. The van der Waals surface area contributed by atoms with Crippen molar-refractivity contribution in [3.05, 3.63) is 28.8 Å². The first-order valence-corrected chi connectivity index (χ1v) is 6.18. The van der Waals surface area contributed by atoms with Crippen molar-refractivity contribution in [3.63, 3.8) is 0 Å². The molecule has 0 saturated carbocycles. The van der Waals surface area contributed by atoms with E-state index in [-0.39, 0.29) is 12.3 Å². The summed E-state index contributed by atoms with van der Waals surface area (Å²) in [6.07, 6.45) is 0.361. The van der Waals surface area contributed by atoms with Crippen LogP contribution >= 0.6 is 11.6 Å². The summed E-state index contributed by atoms with van der Waals surface area (Å²) in [7, 11) is 1.56. The molecule has 1 aromatic rings. The summed E-state index contributed by atoms with van der Waals surface area (Å²) in [4.78, 5) is 11.6. The molecule has 1 rings (SSSR count). The third-order valence-corrected chi connectivity index (χ3v) is 2.85. The van der Waals surface area contributed by atoms with E-state index in [0.29, 0.717) is 23.7 Å². The summed E-state index contributed by atoms with van der Waals surface area (Å²) in [5, 5.41) is 12.3. The van der Waals surface area contributed by atoms with Gasteiger partial charge in [0.2, 0.25) is 5.91 Å². The van der Waals surface area contributed by atoms with Crippen LogP contribution in [0.5, 0.6) is 5.75 Å². The minimum atomic E-state index is -0.408. The second-order valence-electron chi connectivity index (χ2n) is 4.12. The van der Waals surface area contributed by atoms with Crippen LogP contribution in [-0.4, -0.2) is 30.8 Å². The maximum atomic E-state index is 11.6. The molecule has 1 atom stereocenters. The highest BCUT2D eigenvalue weighted by Gasteiger charge is 2.08. The first kappa shape index (κ1) is 14.8. The molecule has 0 radical (unpaired) electrons. The van der Waals surface area contributed by atoms with Crippen molar-refractivity contribution >= 4 is 17.5 Å². The molecule has 100 valence electrons. The quantitative estimate of drug-likeness (QED) is 0.829. The number of aliphatic hydroxyl groups excluding tert-OH is 1. The minimum absolute atomic E-state index is 0.109. The molecule has 0 aliphatic heterocycles. The van der Waals surface area contributed by atoms with E-state index in [0.717, 1.165) is 5.56 Å². The van der Waals surface area contributed by atoms with Gasteiger partial charge in [-0.15, -0.1) is 0 Å². The Balaban J connectivity index is 2.49. The zero-order valence-corrected chi connectivity index (χ0v) is 11.3. The van der Waals surface area contributed by atoms with Crippen LogP contribution in [0.1, 0.15) is 18.9 Å². The Labute approximate surface area is 112 Å². The van der Waals surface area contributed by atoms with Crippen molar-refractivity contribution in [2.45, 2.75) is 25.9 Å². The lowest BCUT2D eigenvalue weighted by molar-refractivity contribution is -0.120. The maximum Gasteiger partial charge on any atom is 0.224 e. The van der Waals surface area contributed by atoms with Crippen molar-refractivity contribution < 1.29 is 14.6 Å². The first-order chi connectivity index (χ1) is 8.52. The number of amides is 1. The number of aliphatic hydroxyl groups is 1. The number of methoxy groups -OCH3 is 1. The number of ether oxygens (including phenoxy) is 1. The van der Waals surface area contributed by atoms with Gasteiger partial charge in [0.25, 0.3) is 0 Å². The van der Waals surface area contributed by atoms with Crippen molar-refractivity contribution in [1.82, 2.24) is 5.32 Å². The normalized spacial score (nSPS) is 12.0. The average molecular weight is 272 g/mol. The van der Waals surface area contributed by atoms with E-state index in [2.05, 4.69) is 5.32 Å². The third-order valence-electron chi connectivity index (χ3n) is 2.50. The van der Waals surface area contributed by atoms with Crippen molar-refractivity contribution in [2.24, 2.45) is 0 Å². The summed E-state index contributed by atoms with van der Waals surface area (Å²) >= 11 is 6.04. The van der Waals surface area contributed by atoms with E-state index in [1.807, 2.05) is 0 Å². The molecule has 0 bridgehead atoms. The molecule has 0 aliphatic carbocycles. The van der Waals surface area contributed by atoms with E-state index in [1.165, 1.54) is 0 Å². The Hall–Kier alpha value is -1.26. The molecule has 5 heteroatoms. The molecule has 2 N–H and O–H groups in total. The van der Waals surface area contributed by atoms with Gasteiger partial charge in [-0.3, -0.25) is 4.79 Å². The Bertz CT molecular complexity index is 407. The van der Waals surface area contributed by atoms with E-state index in [1.54, 1.807) is 32.2 Å². The second-order valence-corrected chi connectivity index (χ2v) is 4.53. The number of carbonyl (C=O) groups excluding carboxylic acids is 1. The number of rotatable bonds is 6. The van der Waals surface area contributed by atoms with Gasteiger partial charge < -0.3 is 15.2 Å².